The van der Waals surface area contributed by atoms with E-state index >= 15 is 0 Å². The number of nitrogens with zero attached hydrogens (tertiary/aromatic N) is 3. The molecule has 1 aliphatic heterocycles. The minimum atomic E-state index is 0.687. The molecule has 0 saturated carbocycles. The summed E-state index contributed by atoms with van der Waals surface area (Å²) in [4.78, 5) is 3.13. The molecule has 2 heterocycles. The van der Waals surface area contributed by atoms with Gasteiger partial charge in [0.1, 0.15) is 0 Å². The largest absolute Gasteiger partial charge is 0.297 e. The number of piperidine rings is 1. The number of halogens is 2. The van der Waals surface area contributed by atoms with Crippen molar-refractivity contribution in [2.75, 3.05) is 13.1 Å². The molecule has 1 aliphatic rings. The summed E-state index contributed by atoms with van der Waals surface area (Å²) in [5, 5.41) is 5.16. The zero-order chi connectivity index (χ0) is 11.7. The lowest BCUT2D eigenvalue weighted by atomic mass is 10.1. The van der Waals surface area contributed by atoms with Crippen molar-refractivity contribution in [2.24, 2.45) is 7.05 Å². The van der Waals surface area contributed by atoms with Crippen molar-refractivity contribution in [3.05, 3.63) is 16.4 Å². The van der Waals surface area contributed by atoms with Crippen molar-refractivity contribution in [1.82, 2.24) is 14.7 Å². The van der Waals surface area contributed by atoms with Crippen LogP contribution in [0.3, 0.4) is 0 Å². The Morgan fingerprint density at radius 2 is 2.06 bits per heavy atom. The number of alkyl halides is 1. The van der Waals surface area contributed by atoms with E-state index in [9.17, 15) is 0 Å². The van der Waals surface area contributed by atoms with Gasteiger partial charge in [-0.2, -0.15) is 5.10 Å². The summed E-state index contributed by atoms with van der Waals surface area (Å²) < 4.78 is 1.90. The maximum atomic E-state index is 6.24. The van der Waals surface area contributed by atoms with Crippen LogP contribution in [0.2, 0.25) is 5.02 Å². The topological polar surface area (TPSA) is 21.1 Å². The van der Waals surface area contributed by atoms with Crippen LogP contribution in [-0.4, -0.2) is 32.6 Å². The Bertz CT molecular complexity index is 370. The zero-order valence-corrected chi connectivity index (χ0v) is 12.1. The molecule has 16 heavy (non-hydrogen) atoms. The molecule has 0 amide bonds. The number of aromatic nitrogens is 2. The van der Waals surface area contributed by atoms with Crippen LogP contribution in [0.15, 0.2) is 0 Å². The van der Waals surface area contributed by atoms with Crippen molar-refractivity contribution in [2.45, 2.75) is 31.1 Å². The molecule has 5 heteroatoms. The molecule has 1 saturated heterocycles. The van der Waals surface area contributed by atoms with E-state index in [4.69, 9.17) is 11.6 Å². The molecule has 1 aromatic heterocycles. The minimum absolute atomic E-state index is 0.687. The van der Waals surface area contributed by atoms with Crippen molar-refractivity contribution in [3.63, 3.8) is 0 Å². The molecule has 0 radical (unpaired) electrons. The predicted octanol–water partition coefficient (Wildman–Crippen LogP) is 2.74. The van der Waals surface area contributed by atoms with Gasteiger partial charge in [0.25, 0.3) is 0 Å². The Morgan fingerprint density at radius 1 is 1.44 bits per heavy atom. The Kier molecular flexibility index (Phi) is 3.93. The number of hydrogen-bond donors (Lipinski definition) is 0. The van der Waals surface area contributed by atoms with E-state index in [1.165, 1.54) is 12.8 Å². The third-order valence-electron chi connectivity index (χ3n) is 3.15. The molecular weight excluding hydrogens is 289 g/mol. The molecule has 2 rings (SSSR count). The molecule has 0 aliphatic carbocycles. The normalized spacial score (nSPS) is 19.2. The zero-order valence-electron chi connectivity index (χ0n) is 9.71. The molecule has 0 unspecified atom stereocenters. The van der Waals surface area contributed by atoms with Gasteiger partial charge in [-0.05, 0) is 32.9 Å². The summed E-state index contributed by atoms with van der Waals surface area (Å²) >= 11 is 9.91. The lowest BCUT2D eigenvalue weighted by Crippen LogP contribution is -2.34. The van der Waals surface area contributed by atoms with Crippen LogP contribution in [0.1, 0.15) is 24.2 Å². The maximum Gasteiger partial charge on any atom is 0.0860 e. The molecule has 1 fully saturated rings. The first-order valence-corrected chi connectivity index (χ1v) is 6.91. The van der Waals surface area contributed by atoms with Crippen molar-refractivity contribution in [3.8, 4) is 0 Å². The first-order chi connectivity index (χ1) is 7.58. The monoisotopic (exact) mass is 305 g/mol. The van der Waals surface area contributed by atoms with E-state index in [0.29, 0.717) is 4.83 Å². The second kappa shape index (κ2) is 5.07. The van der Waals surface area contributed by atoms with Crippen LogP contribution < -0.4 is 0 Å². The van der Waals surface area contributed by atoms with Crippen LogP contribution in [0.5, 0.6) is 0 Å². The maximum absolute atomic E-state index is 6.24. The van der Waals surface area contributed by atoms with Crippen LogP contribution in [0, 0.1) is 6.92 Å². The van der Waals surface area contributed by atoms with E-state index in [-0.39, 0.29) is 0 Å². The highest BCUT2D eigenvalue weighted by Crippen LogP contribution is 2.24. The van der Waals surface area contributed by atoms with Crippen molar-refractivity contribution < 1.29 is 0 Å². The van der Waals surface area contributed by atoms with Gasteiger partial charge >= 0.3 is 0 Å². The van der Waals surface area contributed by atoms with Crippen LogP contribution in [0.4, 0.5) is 0 Å². The van der Waals surface area contributed by atoms with Gasteiger partial charge < -0.3 is 0 Å². The molecule has 0 spiro atoms. The third-order valence-corrected chi connectivity index (χ3v) is 4.56. The van der Waals surface area contributed by atoms with E-state index < -0.39 is 0 Å². The van der Waals surface area contributed by atoms with E-state index in [1.54, 1.807) is 0 Å². The van der Waals surface area contributed by atoms with Crippen LogP contribution in [-0.2, 0) is 13.6 Å². The van der Waals surface area contributed by atoms with Gasteiger partial charge in [-0.15, -0.1) is 0 Å². The fourth-order valence-electron chi connectivity index (χ4n) is 2.12. The minimum Gasteiger partial charge on any atom is -0.297 e. The number of hydrogen-bond acceptors (Lipinski definition) is 2. The van der Waals surface area contributed by atoms with Crippen LogP contribution in [0.25, 0.3) is 0 Å². The summed E-state index contributed by atoms with van der Waals surface area (Å²) in [6.07, 6.45) is 2.43. The van der Waals surface area contributed by atoms with E-state index in [0.717, 1.165) is 36.0 Å². The van der Waals surface area contributed by atoms with Crippen LogP contribution >= 0.6 is 27.5 Å². The van der Waals surface area contributed by atoms with Gasteiger partial charge in [0.05, 0.1) is 16.4 Å². The quantitative estimate of drug-likeness (QED) is 0.784. The molecular formula is C11H17BrClN3. The molecule has 0 aromatic carbocycles. The molecule has 0 atom stereocenters. The standard InChI is InChI=1S/C11H17BrClN3/c1-8-11(13)10(15(2)14-8)7-16-5-3-9(12)4-6-16/h9H,3-7H2,1-2H3. The van der Waals surface area contributed by atoms with Gasteiger partial charge in [0, 0.05) is 18.4 Å². The Balaban J connectivity index is 2.03. The lowest BCUT2D eigenvalue weighted by Gasteiger charge is -2.29. The lowest BCUT2D eigenvalue weighted by molar-refractivity contribution is 0.221. The van der Waals surface area contributed by atoms with Crippen molar-refractivity contribution in [1.29, 1.82) is 0 Å². The SMILES string of the molecule is Cc1nn(C)c(CN2CCC(Br)CC2)c1Cl. The first-order valence-electron chi connectivity index (χ1n) is 5.62. The average Bonchev–Trinajstić information content (AvgIpc) is 2.48. The fourth-order valence-corrected chi connectivity index (χ4v) is 2.75. The Hall–Kier alpha value is -0.0600. The second-order valence-corrected chi connectivity index (χ2v) is 6.09. The van der Waals surface area contributed by atoms with Gasteiger partial charge in [0.15, 0.2) is 0 Å². The second-order valence-electron chi connectivity index (χ2n) is 4.42. The Morgan fingerprint density at radius 3 is 2.56 bits per heavy atom. The highest BCUT2D eigenvalue weighted by molar-refractivity contribution is 9.09. The highest BCUT2D eigenvalue weighted by Gasteiger charge is 2.20. The summed E-state index contributed by atoms with van der Waals surface area (Å²) in [7, 11) is 1.96. The summed E-state index contributed by atoms with van der Waals surface area (Å²) in [5.41, 5.74) is 2.06. The van der Waals surface area contributed by atoms with Gasteiger partial charge in [-0.1, -0.05) is 27.5 Å². The third kappa shape index (κ3) is 2.60. The first kappa shape index (κ1) is 12.4. The molecule has 0 bridgehead atoms. The van der Waals surface area contributed by atoms with Gasteiger partial charge in [-0.25, -0.2) is 0 Å². The smallest absolute Gasteiger partial charge is 0.0860 e. The van der Waals surface area contributed by atoms with Gasteiger partial charge in [0.2, 0.25) is 0 Å². The molecule has 90 valence electrons. The molecule has 3 nitrogen and oxygen atoms in total. The summed E-state index contributed by atoms with van der Waals surface area (Å²) in [5.74, 6) is 0. The Labute approximate surface area is 110 Å². The fraction of sp³-hybridized carbons (Fsp3) is 0.727. The van der Waals surface area contributed by atoms with Gasteiger partial charge in [-0.3, -0.25) is 9.58 Å². The van der Waals surface area contributed by atoms with Crippen molar-refractivity contribution >= 4 is 27.5 Å². The number of likely N-dealkylation sites (tertiary alicyclic amines) is 1. The summed E-state index contributed by atoms with van der Waals surface area (Å²) in [6.45, 7) is 5.14. The molecule has 0 N–H and O–H groups in total. The predicted molar refractivity (Wildman–Crippen MR) is 70.2 cm³/mol. The van der Waals surface area contributed by atoms with E-state index in [1.807, 2.05) is 18.7 Å². The number of aryl methyl sites for hydroxylation is 2. The summed E-state index contributed by atoms with van der Waals surface area (Å²) in [6, 6.07) is 0. The molecule has 1 aromatic rings. The number of rotatable bonds is 2. The highest BCUT2D eigenvalue weighted by atomic mass is 79.9. The van der Waals surface area contributed by atoms with E-state index in [2.05, 4.69) is 25.9 Å². The average molecular weight is 307 g/mol.